The minimum atomic E-state index is -1.06. The Morgan fingerprint density at radius 1 is 1.79 bits per heavy atom. The van der Waals surface area contributed by atoms with Gasteiger partial charge in [0.2, 0.25) is 5.91 Å². The van der Waals surface area contributed by atoms with E-state index in [-0.39, 0.29) is 12.5 Å². The van der Waals surface area contributed by atoms with Crippen molar-refractivity contribution in [3.63, 3.8) is 0 Å². The summed E-state index contributed by atoms with van der Waals surface area (Å²) in [7, 11) is 0. The number of carboxylic acids is 1. The number of aliphatic carboxylic acids is 1. The van der Waals surface area contributed by atoms with Gasteiger partial charge in [-0.05, 0) is 12.3 Å². The number of hydrogen-bond acceptors (Lipinski definition) is 3. The molecule has 0 aromatic rings. The highest BCUT2D eigenvalue weighted by atomic mass is 16.4. The molecule has 1 aliphatic rings. The minimum absolute atomic E-state index is 0.0137. The maximum absolute atomic E-state index is 11.4. The summed E-state index contributed by atoms with van der Waals surface area (Å²) < 4.78 is 0. The van der Waals surface area contributed by atoms with Crippen molar-refractivity contribution in [3.8, 4) is 0 Å². The maximum atomic E-state index is 11.4. The van der Waals surface area contributed by atoms with Crippen LogP contribution in [0.25, 0.3) is 0 Å². The molecule has 0 radical (unpaired) electrons. The van der Waals surface area contributed by atoms with Crippen molar-refractivity contribution in [2.75, 3.05) is 13.1 Å². The molecule has 1 amide bonds. The second kappa shape index (κ2) is 4.41. The Labute approximate surface area is 82.9 Å². The fourth-order valence-electron chi connectivity index (χ4n) is 1.59. The minimum Gasteiger partial charge on any atom is -0.480 e. The van der Waals surface area contributed by atoms with Crippen LogP contribution in [0.5, 0.6) is 0 Å². The first-order valence-corrected chi connectivity index (χ1v) is 4.77. The van der Waals surface area contributed by atoms with Gasteiger partial charge in [-0.25, -0.2) is 0 Å². The van der Waals surface area contributed by atoms with Gasteiger partial charge < -0.3 is 15.7 Å². The third kappa shape index (κ3) is 2.70. The third-order valence-corrected chi connectivity index (χ3v) is 2.47. The molecule has 5 heteroatoms. The predicted octanol–water partition coefficient (Wildman–Crippen LogP) is -0.343. The van der Waals surface area contributed by atoms with Crippen molar-refractivity contribution in [2.45, 2.75) is 25.8 Å². The molecule has 1 fully saturated rings. The fraction of sp³-hybridized carbons (Fsp3) is 0.778. The van der Waals surface area contributed by atoms with E-state index in [0.29, 0.717) is 18.9 Å². The van der Waals surface area contributed by atoms with Gasteiger partial charge in [-0.2, -0.15) is 0 Å². The molecule has 0 bridgehead atoms. The van der Waals surface area contributed by atoms with Crippen molar-refractivity contribution in [3.05, 3.63) is 0 Å². The fourth-order valence-corrected chi connectivity index (χ4v) is 1.59. The molecule has 3 N–H and O–H groups in total. The van der Waals surface area contributed by atoms with Gasteiger partial charge in [0.05, 0.1) is 0 Å². The number of carboxylic acid groups (broad SMARTS) is 1. The first-order chi connectivity index (χ1) is 6.50. The van der Waals surface area contributed by atoms with Gasteiger partial charge in [0.1, 0.15) is 6.04 Å². The van der Waals surface area contributed by atoms with E-state index in [4.69, 9.17) is 10.8 Å². The van der Waals surface area contributed by atoms with E-state index in [1.807, 2.05) is 6.92 Å². The lowest BCUT2D eigenvalue weighted by molar-refractivity contribution is -0.141. The van der Waals surface area contributed by atoms with Crippen LogP contribution in [0.2, 0.25) is 0 Å². The lowest BCUT2D eigenvalue weighted by Gasteiger charge is -2.31. The van der Waals surface area contributed by atoms with Crippen LogP contribution in [0.3, 0.4) is 0 Å². The molecule has 1 rings (SSSR count). The zero-order chi connectivity index (χ0) is 10.7. The topological polar surface area (TPSA) is 83.6 Å². The average Bonchev–Trinajstić information content (AvgIpc) is 2.11. The molecule has 14 heavy (non-hydrogen) atoms. The van der Waals surface area contributed by atoms with Crippen molar-refractivity contribution in [1.82, 2.24) is 4.90 Å². The second-order valence-electron chi connectivity index (χ2n) is 3.89. The lowest BCUT2D eigenvalue weighted by Crippen LogP contribution is -2.48. The summed E-state index contributed by atoms with van der Waals surface area (Å²) in [6.07, 6.45) is 1.39. The number of carbonyl (C=O) groups excluding carboxylic acids is 1. The number of likely N-dealkylation sites (tertiary alicyclic amines) is 1. The predicted molar refractivity (Wildman–Crippen MR) is 50.6 cm³/mol. The smallest absolute Gasteiger partial charge is 0.322 e. The number of amides is 1. The molecule has 0 aromatic heterocycles. The quantitative estimate of drug-likeness (QED) is 0.652. The van der Waals surface area contributed by atoms with E-state index in [2.05, 4.69) is 0 Å². The first-order valence-electron chi connectivity index (χ1n) is 4.77. The second-order valence-corrected chi connectivity index (χ2v) is 3.89. The van der Waals surface area contributed by atoms with E-state index < -0.39 is 12.0 Å². The molecule has 2 atom stereocenters. The summed E-state index contributed by atoms with van der Waals surface area (Å²) >= 11 is 0. The van der Waals surface area contributed by atoms with Gasteiger partial charge in [-0.1, -0.05) is 6.92 Å². The van der Waals surface area contributed by atoms with E-state index in [9.17, 15) is 9.59 Å². The maximum Gasteiger partial charge on any atom is 0.322 e. The van der Waals surface area contributed by atoms with Crippen LogP contribution in [0, 0.1) is 5.92 Å². The molecule has 0 aromatic carbocycles. The number of piperidine rings is 1. The molecule has 0 saturated carbocycles. The Morgan fingerprint density at radius 3 is 3.00 bits per heavy atom. The Morgan fingerprint density at radius 2 is 2.43 bits per heavy atom. The molecule has 80 valence electrons. The van der Waals surface area contributed by atoms with Crippen LogP contribution >= 0.6 is 0 Å². The van der Waals surface area contributed by atoms with Gasteiger partial charge in [0, 0.05) is 19.5 Å². The normalized spacial score (nSPS) is 24.9. The van der Waals surface area contributed by atoms with Gasteiger partial charge in [0.15, 0.2) is 0 Å². The largest absolute Gasteiger partial charge is 0.480 e. The van der Waals surface area contributed by atoms with Crippen LogP contribution in [0.4, 0.5) is 0 Å². The Hall–Kier alpha value is -1.10. The van der Waals surface area contributed by atoms with E-state index in [1.165, 1.54) is 0 Å². The Bertz CT molecular complexity index is 242. The number of nitrogens with zero attached hydrogens (tertiary/aromatic N) is 1. The van der Waals surface area contributed by atoms with Crippen LogP contribution in [-0.2, 0) is 9.59 Å². The van der Waals surface area contributed by atoms with Crippen molar-refractivity contribution >= 4 is 11.9 Å². The summed E-state index contributed by atoms with van der Waals surface area (Å²) in [5.41, 5.74) is 5.36. The van der Waals surface area contributed by atoms with Gasteiger partial charge in [-0.15, -0.1) is 0 Å². The van der Waals surface area contributed by atoms with Gasteiger partial charge in [0.25, 0.3) is 0 Å². The summed E-state index contributed by atoms with van der Waals surface area (Å²) in [6, 6.07) is -0.968. The summed E-state index contributed by atoms with van der Waals surface area (Å²) in [5, 5.41) is 8.60. The van der Waals surface area contributed by atoms with E-state index >= 15 is 0 Å². The molecule has 1 heterocycles. The molecular formula is C9H16N2O3. The Balaban J connectivity index is 2.49. The van der Waals surface area contributed by atoms with Gasteiger partial charge >= 0.3 is 5.97 Å². The molecule has 1 saturated heterocycles. The van der Waals surface area contributed by atoms with Crippen molar-refractivity contribution < 1.29 is 14.7 Å². The third-order valence-electron chi connectivity index (χ3n) is 2.47. The highest BCUT2D eigenvalue weighted by Crippen LogP contribution is 2.16. The lowest BCUT2D eigenvalue weighted by atomic mass is 9.99. The summed E-state index contributed by atoms with van der Waals surface area (Å²) in [4.78, 5) is 23.4. The molecule has 2 unspecified atom stereocenters. The van der Waals surface area contributed by atoms with E-state index in [1.54, 1.807) is 4.90 Å². The van der Waals surface area contributed by atoms with Crippen LogP contribution in [0.1, 0.15) is 19.8 Å². The number of nitrogens with two attached hydrogens (primary N) is 1. The SMILES string of the molecule is CC1CCC(=O)N(CC(N)C(=O)O)C1. The highest BCUT2D eigenvalue weighted by Gasteiger charge is 2.26. The zero-order valence-corrected chi connectivity index (χ0v) is 8.27. The summed E-state index contributed by atoms with van der Waals surface area (Å²) in [5.74, 6) is -0.607. The van der Waals surface area contributed by atoms with E-state index in [0.717, 1.165) is 6.42 Å². The molecule has 1 aliphatic heterocycles. The molecular weight excluding hydrogens is 184 g/mol. The number of carbonyl (C=O) groups is 2. The van der Waals surface area contributed by atoms with Crippen molar-refractivity contribution in [2.24, 2.45) is 11.7 Å². The van der Waals surface area contributed by atoms with Crippen molar-refractivity contribution in [1.29, 1.82) is 0 Å². The van der Waals surface area contributed by atoms with Crippen LogP contribution in [0.15, 0.2) is 0 Å². The van der Waals surface area contributed by atoms with Crippen LogP contribution < -0.4 is 5.73 Å². The summed E-state index contributed by atoms with van der Waals surface area (Å²) in [6.45, 7) is 2.80. The first kappa shape index (κ1) is 11.0. The molecule has 0 spiro atoms. The standard InChI is InChI=1S/C9H16N2O3/c1-6-2-3-8(12)11(4-6)5-7(10)9(13)14/h6-7H,2-5,10H2,1H3,(H,13,14). The highest BCUT2D eigenvalue weighted by molar-refractivity contribution is 5.79. The molecule has 5 nitrogen and oxygen atoms in total. The number of hydrogen-bond donors (Lipinski definition) is 2. The van der Waals surface area contributed by atoms with Gasteiger partial charge in [-0.3, -0.25) is 9.59 Å². The monoisotopic (exact) mass is 200 g/mol. The molecule has 0 aliphatic carbocycles. The number of rotatable bonds is 3. The average molecular weight is 200 g/mol. The zero-order valence-electron chi connectivity index (χ0n) is 8.27. The Kier molecular flexibility index (Phi) is 3.46. The van der Waals surface area contributed by atoms with Crippen LogP contribution in [-0.4, -0.2) is 41.0 Å².